The first-order chi connectivity index (χ1) is 7.74. The smallest absolute Gasteiger partial charge is 0.238 e. The third-order valence-electron chi connectivity index (χ3n) is 4.17. The molecular weight excluding hydrogens is 200 g/mol. The summed E-state index contributed by atoms with van der Waals surface area (Å²) < 4.78 is 0. The van der Waals surface area contributed by atoms with Crippen LogP contribution in [0.1, 0.15) is 52.4 Å². The molecule has 1 N–H and O–H groups in total. The van der Waals surface area contributed by atoms with Crippen molar-refractivity contribution in [3.63, 3.8) is 0 Å². The second-order valence-electron chi connectivity index (χ2n) is 5.29. The van der Waals surface area contributed by atoms with E-state index < -0.39 is 0 Å². The molecule has 1 aliphatic carbocycles. The van der Waals surface area contributed by atoms with E-state index in [-0.39, 0.29) is 6.17 Å². The molecule has 0 aromatic rings. The van der Waals surface area contributed by atoms with Gasteiger partial charge < -0.3 is 4.90 Å². The van der Waals surface area contributed by atoms with Gasteiger partial charge in [0.2, 0.25) is 5.91 Å². The Bertz CT molecular complexity index is 254. The molecular formula is C13H24N2O. The molecule has 3 atom stereocenters. The highest BCUT2D eigenvalue weighted by Crippen LogP contribution is 2.29. The molecule has 0 spiro atoms. The monoisotopic (exact) mass is 224 g/mol. The van der Waals surface area contributed by atoms with Crippen LogP contribution in [0, 0.1) is 5.92 Å². The maximum Gasteiger partial charge on any atom is 0.238 e. The first-order valence-electron chi connectivity index (χ1n) is 6.78. The second kappa shape index (κ2) is 5.17. The van der Waals surface area contributed by atoms with Crippen LogP contribution in [0.25, 0.3) is 0 Å². The van der Waals surface area contributed by atoms with Crippen LogP contribution in [-0.4, -0.2) is 29.6 Å². The Balaban J connectivity index is 2.10. The number of hydrogen-bond acceptors (Lipinski definition) is 2. The minimum Gasteiger partial charge on any atom is -0.323 e. The number of amides is 1. The van der Waals surface area contributed by atoms with Crippen LogP contribution in [0.4, 0.5) is 0 Å². The molecule has 2 rings (SSSR count). The zero-order valence-corrected chi connectivity index (χ0v) is 10.5. The van der Waals surface area contributed by atoms with Gasteiger partial charge in [-0.25, -0.2) is 0 Å². The number of nitrogens with zero attached hydrogens (tertiary/aromatic N) is 1. The van der Waals surface area contributed by atoms with Crippen LogP contribution in [0.3, 0.4) is 0 Å². The van der Waals surface area contributed by atoms with Crippen molar-refractivity contribution in [1.82, 2.24) is 10.2 Å². The van der Waals surface area contributed by atoms with E-state index in [1.165, 1.54) is 32.1 Å². The molecule has 3 unspecified atom stereocenters. The summed E-state index contributed by atoms with van der Waals surface area (Å²) in [5.41, 5.74) is 0. The minimum atomic E-state index is 0.290. The van der Waals surface area contributed by atoms with Gasteiger partial charge in [0.1, 0.15) is 0 Å². The van der Waals surface area contributed by atoms with Crippen LogP contribution in [-0.2, 0) is 4.79 Å². The Morgan fingerprint density at radius 3 is 2.81 bits per heavy atom. The maximum atomic E-state index is 12.0. The summed E-state index contributed by atoms with van der Waals surface area (Å²) in [7, 11) is 0. The van der Waals surface area contributed by atoms with Crippen LogP contribution in [0.2, 0.25) is 0 Å². The lowest BCUT2D eigenvalue weighted by atomic mass is 9.95. The molecule has 3 nitrogen and oxygen atoms in total. The Hall–Kier alpha value is -0.570. The zero-order valence-electron chi connectivity index (χ0n) is 10.5. The van der Waals surface area contributed by atoms with Crippen molar-refractivity contribution in [3.05, 3.63) is 0 Å². The fourth-order valence-corrected chi connectivity index (χ4v) is 3.21. The fourth-order valence-electron chi connectivity index (χ4n) is 3.21. The Morgan fingerprint density at radius 2 is 2.06 bits per heavy atom. The highest BCUT2D eigenvalue weighted by Gasteiger charge is 2.37. The predicted octanol–water partition coefficient (Wildman–Crippen LogP) is 2.12. The summed E-state index contributed by atoms with van der Waals surface area (Å²) in [6, 6.07) is 0.481. The first-order valence-corrected chi connectivity index (χ1v) is 6.78. The number of hydrogen-bond donors (Lipinski definition) is 1. The molecule has 0 aromatic carbocycles. The number of nitrogens with one attached hydrogen (secondary N) is 1. The average molecular weight is 224 g/mol. The summed E-state index contributed by atoms with van der Waals surface area (Å²) in [5, 5.41) is 3.32. The molecule has 1 aliphatic heterocycles. The Labute approximate surface area is 98.6 Å². The lowest BCUT2D eigenvalue weighted by molar-refractivity contribution is -0.131. The highest BCUT2D eigenvalue weighted by molar-refractivity contribution is 5.81. The van der Waals surface area contributed by atoms with Gasteiger partial charge in [0.25, 0.3) is 0 Å². The van der Waals surface area contributed by atoms with Crippen LogP contribution < -0.4 is 5.32 Å². The normalized spacial score (nSPS) is 36.5. The quantitative estimate of drug-likeness (QED) is 0.729. The summed E-state index contributed by atoms with van der Waals surface area (Å²) in [6.45, 7) is 5.01. The molecule has 2 fully saturated rings. The first kappa shape index (κ1) is 11.9. The topological polar surface area (TPSA) is 32.3 Å². The average Bonchev–Trinajstić information content (AvgIpc) is 2.51. The van der Waals surface area contributed by atoms with Gasteiger partial charge in [-0.05, 0) is 25.2 Å². The van der Waals surface area contributed by atoms with Gasteiger partial charge in [-0.3, -0.25) is 10.1 Å². The lowest BCUT2D eigenvalue weighted by Gasteiger charge is -2.35. The van der Waals surface area contributed by atoms with Gasteiger partial charge in [0, 0.05) is 6.04 Å². The molecule has 2 aliphatic rings. The Kier molecular flexibility index (Phi) is 3.85. The van der Waals surface area contributed by atoms with Crippen molar-refractivity contribution in [2.24, 2.45) is 5.92 Å². The van der Waals surface area contributed by atoms with Gasteiger partial charge >= 0.3 is 0 Å². The molecule has 16 heavy (non-hydrogen) atoms. The zero-order chi connectivity index (χ0) is 11.5. The second-order valence-corrected chi connectivity index (χ2v) is 5.29. The van der Waals surface area contributed by atoms with Crippen molar-refractivity contribution in [2.45, 2.75) is 64.6 Å². The summed E-state index contributed by atoms with van der Waals surface area (Å²) in [5.74, 6) is 0.978. The van der Waals surface area contributed by atoms with Crippen LogP contribution in [0.5, 0.6) is 0 Å². The van der Waals surface area contributed by atoms with Gasteiger partial charge in [-0.1, -0.05) is 33.1 Å². The van der Waals surface area contributed by atoms with Gasteiger partial charge in [0.15, 0.2) is 0 Å². The third-order valence-corrected chi connectivity index (χ3v) is 4.17. The van der Waals surface area contributed by atoms with E-state index in [0.717, 1.165) is 6.42 Å². The fraction of sp³-hybridized carbons (Fsp3) is 0.923. The van der Waals surface area contributed by atoms with Gasteiger partial charge in [0.05, 0.1) is 12.7 Å². The van der Waals surface area contributed by atoms with E-state index in [2.05, 4.69) is 24.1 Å². The van der Waals surface area contributed by atoms with Crippen molar-refractivity contribution < 1.29 is 4.79 Å². The summed E-state index contributed by atoms with van der Waals surface area (Å²) in [6.07, 6.45) is 7.76. The predicted molar refractivity (Wildman–Crippen MR) is 65.0 cm³/mol. The van der Waals surface area contributed by atoms with E-state index in [9.17, 15) is 4.79 Å². The summed E-state index contributed by atoms with van der Waals surface area (Å²) in [4.78, 5) is 14.1. The molecule has 3 heteroatoms. The SMILES string of the molecule is CCC1NCC(=O)N1C1CCCCCC1C. The standard InChI is InChI=1S/C13H24N2O/c1-3-12-14-9-13(16)15(12)11-8-6-4-5-7-10(11)2/h10-12,14H,3-9H2,1-2H3. The number of carbonyl (C=O) groups is 1. The summed E-state index contributed by atoms with van der Waals surface area (Å²) >= 11 is 0. The van der Waals surface area contributed by atoms with E-state index in [0.29, 0.717) is 24.4 Å². The van der Waals surface area contributed by atoms with Crippen molar-refractivity contribution in [2.75, 3.05) is 6.54 Å². The molecule has 1 saturated heterocycles. The van der Waals surface area contributed by atoms with Gasteiger partial charge in [-0.2, -0.15) is 0 Å². The van der Waals surface area contributed by atoms with Gasteiger partial charge in [-0.15, -0.1) is 0 Å². The molecule has 1 saturated carbocycles. The van der Waals surface area contributed by atoms with Crippen molar-refractivity contribution >= 4 is 5.91 Å². The number of rotatable bonds is 2. The molecule has 0 bridgehead atoms. The van der Waals surface area contributed by atoms with E-state index in [1.807, 2.05) is 0 Å². The molecule has 1 heterocycles. The van der Waals surface area contributed by atoms with Crippen molar-refractivity contribution in [1.29, 1.82) is 0 Å². The maximum absolute atomic E-state index is 12.0. The Morgan fingerprint density at radius 1 is 1.31 bits per heavy atom. The van der Waals surface area contributed by atoms with Crippen LogP contribution in [0.15, 0.2) is 0 Å². The minimum absolute atomic E-state index is 0.290. The third kappa shape index (κ3) is 2.24. The van der Waals surface area contributed by atoms with E-state index in [1.54, 1.807) is 0 Å². The van der Waals surface area contributed by atoms with E-state index >= 15 is 0 Å². The van der Waals surface area contributed by atoms with Crippen molar-refractivity contribution in [3.8, 4) is 0 Å². The largest absolute Gasteiger partial charge is 0.323 e. The van der Waals surface area contributed by atoms with E-state index in [4.69, 9.17) is 0 Å². The molecule has 0 aromatic heterocycles. The van der Waals surface area contributed by atoms with Crippen LogP contribution >= 0.6 is 0 Å². The molecule has 92 valence electrons. The molecule has 1 amide bonds. The lowest BCUT2D eigenvalue weighted by Crippen LogP contribution is -2.47. The number of carbonyl (C=O) groups excluding carboxylic acids is 1. The highest BCUT2D eigenvalue weighted by atomic mass is 16.2. The molecule has 0 radical (unpaired) electrons.